The molecule has 0 aromatic carbocycles. The van der Waals surface area contributed by atoms with Gasteiger partial charge in [-0.15, -0.1) is 0 Å². The molecule has 2 atom stereocenters. The molecule has 0 bridgehead atoms. The molecule has 4 heteroatoms. The highest BCUT2D eigenvalue weighted by Crippen LogP contribution is 2.34. The van der Waals surface area contributed by atoms with E-state index in [-0.39, 0.29) is 0 Å². The molecule has 1 heterocycles. The van der Waals surface area contributed by atoms with Crippen LogP contribution in [-0.2, 0) is 0 Å². The summed E-state index contributed by atoms with van der Waals surface area (Å²) in [5.74, 6) is 1.14. The fourth-order valence-electron chi connectivity index (χ4n) is 2.90. The molecule has 4 nitrogen and oxygen atoms in total. The molecule has 2 unspecified atom stereocenters. The maximum Gasteiger partial charge on any atom is 0.140 e. The van der Waals surface area contributed by atoms with Crippen LogP contribution in [0.25, 0.3) is 0 Å². The molecular formula is C14H29N3O. The smallest absolute Gasteiger partial charge is 0.140 e. The summed E-state index contributed by atoms with van der Waals surface area (Å²) in [7, 11) is 0. The molecule has 18 heavy (non-hydrogen) atoms. The summed E-state index contributed by atoms with van der Waals surface area (Å²) < 4.78 is 0. The van der Waals surface area contributed by atoms with Crippen molar-refractivity contribution >= 4 is 5.84 Å². The standard InChI is InChI=1S/C14H29N3O/c1-11(10-13(15)16-18)17-8-5-6-12(7-9-17)14(2,3)4/h11-12,18H,5-10H2,1-4H3,(H2,15,16). The quantitative estimate of drug-likeness (QED) is 0.353. The second kappa shape index (κ2) is 6.41. The van der Waals surface area contributed by atoms with E-state index >= 15 is 0 Å². The maximum atomic E-state index is 8.63. The molecule has 0 radical (unpaired) electrons. The van der Waals surface area contributed by atoms with Crippen LogP contribution >= 0.6 is 0 Å². The first-order valence-corrected chi connectivity index (χ1v) is 7.05. The van der Waals surface area contributed by atoms with E-state index in [0.717, 1.165) is 19.0 Å². The first-order chi connectivity index (χ1) is 8.34. The molecule has 0 aliphatic carbocycles. The lowest BCUT2D eigenvalue weighted by atomic mass is 9.77. The van der Waals surface area contributed by atoms with Crippen LogP contribution in [0.3, 0.4) is 0 Å². The fourth-order valence-corrected chi connectivity index (χ4v) is 2.90. The summed E-state index contributed by atoms with van der Waals surface area (Å²) in [5, 5.41) is 11.7. The molecule has 3 N–H and O–H groups in total. The molecule has 1 aliphatic heterocycles. The lowest BCUT2D eigenvalue weighted by Gasteiger charge is -2.31. The second-order valence-electron chi connectivity index (χ2n) is 6.67. The van der Waals surface area contributed by atoms with Crippen LogP contribution in [0.5, 0.6) is 0 Å². The largest absolute Gasteiger partial charge is 0.409 e. The molecule has 0 amide bonds. The van der Waals surface area contributed by atoms with Crippen molar-refractivity contribution in [1.82, 2.24) is 4.90 Å². The summed E-state index contributed by atoms with van der Waals surface area (Å²) in [6.07, 6.45) is 4.47. The van der Waals surface area contributed by atoms with Gasteiger partial charge in [-0.25, -0.2) is 0 Å². The Hall–Kier alpha value is -0.770. The minimum Gasteiger partial charge on any atom is -0.409 e. The monoisotopic (exact) mass is 255 g/mol. The van der Waals surface area contributed by atoms with E-state index in [1.54, 1.807) is 0 Å². The van der Waals surface area contributed by atoms with Gasteiger partial charge >= 0.3 is 0 Å². The van der Waals surface area contributed by atoms with E-state index in [4.69, 9.17) is 10.9 Å². The van der Waals surface area contributed by atoms with Gasteiger partial charge in [-0.3, -0.25) is 0 Å². The fraction of sp³-hybridized carbons (Fsp3) is 0.929. The minimum absolute atomic E-state index is 0.333. The first-order valence-electron chi connectivity index (χ1n) is 7.05. The Kier molecular flexibility index (Phi) is 5.45. The Balaban J connectivity index is 2.51. The molecule has 0 aromatic heterocycles. The van der Waals surface area contributed by atoms with E-state index in [0.29, 0.717) is 23.7 Å². The molecule has 1 rings (SSSR count). The zero-order valence-corrected chi connectivity index (χ0v) is 12.3. The van der Waals surface area contributed by atoms with Gasteiger partial charge in [0.25, 0.3) is 0 Å². The molecule has 0 aromatic rings. The molecular weight excluding hydrogens is 226 g/mol. The molecule has 0 spiro atoms. The van der Waals surface area contributed by atoms with Gasteiger partial charge in [-0.05, 0) is 50.6 Å². The highest BCUT2D eigenvalue weighted by Gasteiger charge is 2.28. The molecule has 1 fully saturated rings. The van der Waals surface area contributed by atoms with Crippen LogP contribution in [0.15, 0.2) is 5.16 Å². The SMILES string of the molecule is CC(CC(N)=NO)N1CCCC(C(C)(C)C)CC1. The van der Waals surface area contributed by atoms with Crippen LogP contribution in [0.1, 0.15) is 53.4 Å². The number of nitrogens with two attached hydrogens (primary N) is 1. The lowest BCUT2D eigenvalue weighted by molar-refractivity contribution is 0.190. The van der Waals surface area contributed by atoms with Gasteiger partial charge in [0.2, 0.25) is 0 Å². The normalized spacial score (nSPS) is 25.8. The third-order valence-corrected chi connectivity index (χ3v) is 4.24. The van der Waals surface area contributed by atoms with Crippen LogP contribution < -0.4 is 5.73 Å². The number of likely N-dealkylation sites (tertiary alicyclic amines) is 1. The summed E-state index contributed by atoms with van der Waals surface area (Å²) >= 11 is 0. The van der Waals surface area contributed by atoms with E-state index in [1.165, 1.54) is 19.3 Å². The summed E-state index contributed by atoms with van der Waals surface area (Å²) in [6.45, 7) is 11.4. The number of oxime groups is 1. The third kappa shape index (κ3) is 4.48. The zero-order chi connectivity index (χ0) is 13.8. The van der Waals surface area contributed by atoms with E-state index in [1.807, 2.05) is 0 Å². The van der Waals surface area contributed by atoms with Gasteiger partial charge in [-0.2, -0.15) is 0 Å². The Bertz CT molecular complexity index is 283. The number of amidine groups is 1. The van der Waals surface area contributed by atoms with Crippen molar-refractivity contribution in [3.8, 4) is 0 Å². The van der Waals surface area contributed by atoms with Gasteiger partial charge in [0, 0.05) is 12.5 Å². The first kappa shape index (κ1) is 15.3. The van der Waals surface area contributed by atoms with Gasteiger partial charge in [-0.1, -0.05) is 25.9 Å². The topological polar surface area (TPSA) is 61.9 Å². The van der Waals surface area contributed by atoms with Crippen LogP contribution in [-0.4, -0.2) is 35.1 Å². The van der Waals surface area contributed by atoms with Gasteiger partial charge in [0.05, 0.1) is 0 Å². The lowest BCUT2D eigenvalue weighted by Crippen LogP contribution is -2.37. The number of hydrogen-bond donors (Lipinski definition) is 2. The molecule has 106 valence electrons. The second-order valence-corrected chi connectivity index (χ2v) is 6.67. The average molecular weight is 255 g/mol. The zero-order valence-electron chi connectivity index (χ0n) is 12.3. The number of nitrogens with zero attached hydrogens (tertiary/aromatic N) is 2. The highest BCUT2D eigenvalue weighted by atomic mass is 16.4. The maximum absolute atomic E-state index is 8.63. The highest BCUT2D eigenvalue weighted by molar-refractivity contribution is 5.80. The van der Waals surface area contributed by atoms with E-state index < -0.39 is 0 Å². The van der Waals surface area contributed by atoms with Crippen LogP contribution in [0.2, 0.25) is 0 Å². The van der Waals surface area contributed by atoms with Crippen molar-refractivity contribution in [2.45, 2.75) is 59.4 Å². The average Bonchev–Trinajstić information content (AvgIpc) is 2.53. The molecule has 0 saturated carbocycles. The van der Waals surface area contributed by atoms with Crippen molar-refractivity contribution in [2.24, 2.45) is 22.2 Å². The molecule has 1 saturated heterocycles. The summed E-state index contributed by atoms with van der Waals surface area (Å²) in [4.78, 5) is 2.48. The van der Waals surface area contributed by atoms with Crippen LogP contribution in [0, 0.1) is 11.3 Å². The Morgan fingerprint density at radius 1 is 1.39 bits per heavy atom. The van der Waals surface area contributed by atoms with Gasteiger partial charge in [0.15, 0.2) is 0 Å². The number of rotatable bonds is 3. The van der Waals surface area contributed by atoms with Crippen LogP contribution in [0.4, 0.5) is 0 Å². The predicted octanol–water partition coefficient (Wildman–Crippen LogP) is 2.66. The summed E-state index contributed by atoms with van der Waals surface area (Å²) in [6, 6.07) is 0.361. The van der Waals surface area contributed by atoms with E-state index in [9.17, 15) is 0 Å². The van der Waals surface area contributed by atoms with Crippen molar-refractivity contribution in [2.75, 3.05) is 13.1 Å². The Morgan fingerprint density at radius 3 is 2.61 bits per heavy atom. The van der Waals surface area contributed by atoms with Crippen molar-refractivity contribution < 1.29 is 5.21 Å². The number of hydrogen-bond acceptors (Lipinski definition) is 3. The predicted molar refractivity (Wildman–Crippen MR) is 75.9 cm³/mol. The Morgan fingerprint density at radius 2 is 2.06 bits per heavy atom. The summed E-state index contributed by atoms with van der Waals surface area (Å²) in [5.41, 5.74) is 6.00. The van der Waals surface area contributed by atoms with Crippen molar-refractivity contribution in [1.29, 1.82) is 0 Å². The van der Waals surface area contributed by atoms with E-state index in [2.05, 4.69) is 37.8 Å². The van der Waals surface area contributed by atoms with Crippen molar-refractivity contribution in [3.05, 3.63) is 0 Å². The van der Waals surface area contributed by atoms with Gasteiger partial charge < -0.3 is 15.8 Å². The van der Waals surface area contributed by atoms with Crippen molar-refractivity contribution in [3.63, 3.8) is 0 Å². The Labute approximate surface area is 111 Å². The van der Waals surface area contributed by atoms with Gasteiger partial charge in [0.1, 0.15) is 5.84 Å². The molecule has 1 aliphatic rings. The minimum atomic E-state index is 0.333. The third-order valence-electron chi connectivity index (χ3n) is 4.24.